The van der Waals surface area contributed by atoms with E-state index >= 15 is 0 Å². The molecule has 3 aromatic rings. The van der Waals surface area contributed by atoms with Gasteiger partial charge in [-0.1, -0.05) is 12.1 Å². The smallest absolute Gasteiger partial charge is 0.259 e. The van der Waals surface area contributed by atoms with Gasteiger partial charge in [-0.15, -0.1) is 0 Å². The van der Waals surface area contributed by atoms with Gasteiger partial charge in [0.25, 0.3) is 0 Å². The molecule has 4 nitrogen and oxygen atoms in total. The Kier molecular flexibility index (Phi) is 3.50. The van der Waals surface area contributed by atoms with Crippen molar-refractivity contribution in [1.29, 1.82) is 5.26 Å². The zero-order valence-corrected chi connectivity index (χ0v) is 14.7. The molecular weight excluding hydrogens is 366 g/mol. The van der Waals surface area contributed by atoms with Gasteiger partial charge in [-0.2, -0.15) is 10.2 Å². The summed E-state index contributed by atoms with van der Waals surface area (Å²) in [4.78, 5) is 16.8. The lowest BCUT2D eigenvalue weighted by molar-refractivity contribution is 0.933. The Balaban J connectivity index is 2.14. The SMILES string of the molecule is Cc1nc(=O)n(-c2ccccc2Br)c2cc(C3CC3)c(C#N)cc12. The first kappa shape index (κ1) is 15.1. The molecule has 0 radical (unpaired) electrons. The van der Waals surface area contributed by atoms with Crippen molar-refractivity contribution in [2.24, 2.45) is 0 Å². The van der Waals surface area contributed by atoms with Crippen molar-refractivity contribution in [3.8, 4) is 11.8 Å². The summed E-state index contributed by atoms with van der Waals surface area (Å²) in [5.41, 5.74) is 3.63. The molecule has 1 aliphatic rings. The minimum atomic E-state index is -0.307. The van der Waals surface area contributed by atoms with Crippen LogP contribution in [0.15, 0.2) is 45.7 Å². The standard InChI is InChI=1S/C19H14BrN3O/c1-11-14-8-13(10-21)15(12-6-7-12)9-18(14)23(19(24)22-11)17-5-3-2-4-16(17)20/h2-5,8-9,12H,6-7H2,1H3. The Morgan fingerprint density at radius 3 is 2.71 bits per heavy atom. The Morgan fingerprint density at radius 2 is 2.04 bits per heavy atom. The van der Waals surface area contributed by atoms with E-state index < -0.39 is 0 Å². The second kappa shape index (κ2) is 5.57. The topological polar surface area (TPSA) is 58.7 Å². The van der Waals surface area contributed by atoms with Crippen LogP contribution in [0.4, 0.5) is 0 Å². The van der Waals surface area contributed by atoms with Gasteiger partial charge < -0.3 is 0 Å². The third-order valence-electron chi connectivity index (χ3n) is 4.48. The first-order valence-electron chi connectivity index (χ1n) is 7.82. The molecule has 1 saturated carbocycles. The highest BCUT2D eigenvalue weighted by molar-refractivity contribution is 9.10. The van der Waals surface area contributed by atoms with E-state index in [4.69, 9.17) is 0 Å². The maximum atomic E-state index is 12.6. The van der Waals surface area contributed by atoms with E-state index in [2.05, 4.69) is 27.0 Å². The lowest BCUT2D eigenvalue weighted by Crippen LogP contribution is -2.23. The van der Waals surface area contributed by atoms with E-state index in [0.717, 1.165) is 39.5 Å². The van der Waals surface area contributed by atoms with Crippen LogP contribution in [0.1, 0.15) is 35.6 Å². The van der Waals surface area contributed by atoms with E-state index in [1.807, 2.05) is 43.3 Å². The molecule has 0 aliphatic heterocycles. The van der Waals surface area contributed by atoms with Crippen molar-refractivity contribution in [2.75, 3.05) is 0 Å². The number of aryl methyl sites for hydroxylation is 1. The molecule has 0 atom stereocenters. The van der Waals surface area contributed by atoms with Gasteiger partial charge in [0.05, 0.1) is 28.5 Å². The molecule has 2 aromatic carbocycles. The maximum Gasteiger partial charge on any atom is 0.352 e. The molecule has 0 spiro atoms. The number of rotatable bonds is 2. The second-order valence-electron chi connectivity index (χ2n) is 6.11. The average Bonchev–Trinajstić information content (AvgIpc) is 3.40. The van der Waals surface area contributed by atoms with Gasteiger partial charge >= 0.3 is 5.69 Å². The van der Waals surface area contributed by atoms with Crippen LogP contribution >= 0.6 is 15.9 Å². The van der Waals surface area contributed by atoms with Crippen LogP contribution in [-0.2, 0) is 0 Å². The molecule has 1 fully saturated rings. The molecule has 1 aromatic heterocycles. The predicted octanol–water partition coefficient (Wildman–Crippen LogP) is 4.21. The Labute approximate surface area is 147 Å². The van der Waals surface area contributed by atoms with E-state index in [9.17, 15) is 10.1 Å². The normalized spacial score (nSPS) is 13.9. The summed E-state index contributed by atoms with van der Waals surface area (Å²) >= 11 is 3.52. The fraction of sp³-hybridized carbons (Fsp3) is 0.211. The minimum Gasteiger partial charge on any atom is -0.259 e. The third kappa shape index (κ3) is 2.35. The van der Waals surface area contributed by atoms with Crippen LogP contribution in [0.5, 0.6) is 0 Å². The first-order valence-corrected chi connectivity index (χ1v) is 8.61. The molecule has 1 aliphatic carbocycles. The molecule has 24 heavy (non-hydrogen) atoms. The van der Waals surface area contributed by atoms with Crippen molar-refractivity contribution in [2.45, 2.75) is 25.7 Å². The van der Waals surface area contributed by atoms with Crippen molar-refractivity contribution >= 4 is 26.8 Å². The van der Waals surface area contributed by atoms with Crippen molar-refractivity contribution < 1.29 is 0 Å². The number of para-hydroxylation sites is 1. The highest BCUT2D eigenvalue weighted by atomic mass is 79.9. The van der Waals surface area contributed by atoms with E-state index in [1.54, 1.807) is 4.57 Å². The highest BCUT2D eigenvalue weighted by Crippen LogP contribution is 2.43. The zero-order valence-electron chi connectivity index (χ0n) is 13.1. The van der Waals surface area contributed by atoms with Crippen LogP contribution in [0.3, 0.4) is 0 Å². The van der Waals surface area contributed by atoms with Gasteiger partial charge in [0.15, 0.2) is 0 Å². The summed E-state index contributed by atoms with van der Waals surface area (Å²) in [6.07, 6.45) is 2.20. The van der Waals surface area contributed by atoms with E-state index in [-0.39, 0.29) is 5.69 Å². The first-order chi connectivity index (χ1) is 11.6. The molecule has 0 bridgehead atoms. The Morgan fingerprint density at radius 1 is 1.29 bits per heavy atom. The van der Waals surface area contributed by atoms with Crippen molar-refractivity contribution in [1.82, 2.24) is 9.55 Å². The highest BCUT2D eigenvalue weighted by Gasteiger charge is 2.27. The maximum absolute atomic E-state index is 12.6. The monoisotopic (exact) mass is 379 g/mol. The quantitative estimate of drug-likeness (QED) is 0.669. The number of aromatic nitrogens is 2. The molecule has 5 heteroatoms. The summed E-state index contributed by atoms with van der Waals surface area (Å²) in [5, 5.41) is 10.3. The van der Waals surface area contributed by atoms with Gasteiger partial charge in [-0.05, 0) is 71.4 Å². The van der Waals surface area contributed by atoms with Crippen molar-refractivity contribution in [3.63, 3.8) is 0 Å². The molecule has 0 N–H and O–H groups in total. The minimum absolute atomic E-state index is 0.307. The fourth-order valence-electron chi connectivity index (χ4n) is 3.13. The number of benzene rings is 2. The number of fused-ring (bicyclic) bond motifs is 1. The second-order valence-corrected chi connectivity index (χ2v) is 6.96. The number of halogens is 1. The van der Waals surface area contributed by atoms with Crippen LogP contribution in [-0.4, -0.2) is 9.55 Å². The average molecular weight is 380 g/mol. The molecule has 0 amide bonds. The molecule has 0 saturated heterocycles. The van der Waals surface area contributed by atoms with E-state index in [0.29, 0.717) is 17.2 Å². The van der Waals surface area contributed by atoms with Gasteiger partial charge in [0.1, 0.15) is 0 Å². The largest absolute Gasteiger partial charge is 0.352 e. The summed E-state index contributed by atoms with van der Waals surface area (Å²) < 4.78 is 2.45. The summed E-state index contributed by atoms with van der Waals surface area (Å²) in [5.74, 6) is 0.431. The number of nitrogens with zero attached hydrogens (tertiary/aromatic N) is 3. The Hall–Kier alpha value is -2.45. The lowest BCUT2D eigenvalue weighted by atomic mass is 10.00. The predicted molar refractivity (Wildman–Crippen MR) is 96.5 cm³/mol. The van der Waals surface area contributed by atoms with Crippen LogP contribution < -0.4 is 5.69 Å². The van der Waals surface area contributed by atoms with Crippen LogP contribution in [0.25, 0.3) is 16.6 Å². The van der Waals surface area contributed by atoms with Gasteiger partial charge in [0, 0.05) is 9.86 Å². The lowest BCUT2D eigenvalue weighted by Gasteiger charge is -2.14. The fourth-order valence-corrected chi connectivity index (χ4v) is 3.59. The summed E-state index contributed by atoms with van der Waals surface area (Å²) in [6, 6.07) is 13.8. The molecule has 0 unspecified atom stereocenters. The molecular formula is C19H14BrN3O. The Bertz CT molecular complexity index is 1070. The summed E-state index contributed by atoms with van der Waals surface area (Å²) in [6.45, 7) is 1.81. The summed E-state index contributed by atoms with van der Waals surface area (Å²) in [7, 11) is 0. The molecule has 4 rings (SSSR count). The van der Waals surface area contributed by atoms with Gasteiger partial charge in [0.2, 0.25) is 0 Å². The van der Waals surface area contributed by atoms with E-state index in [1.165, 1.54) is 0 Å². The number of hydrogen-bond acceptors (Lipinski definition) is 3. The third-order valence-corrected chi connectivity index (χ3v) is 5.15. The van der Waals surface area contributed by atoms with Gasteiger partial charge in [-0.3, -0.25) is 4.57 Å². The molecule has 118 valence electrons. The van der Waals surface area contributed by atoms with Gasteiger partial charge in [-0.25, -0.2) is 4.79 Å². The van der Waals surface area contributed by atoms with Crippen LogP contribution in [0, 0.1) is 18.3 Å². The number of hydrogen-bond donors (Lipinski definition) is 0. The van der Waals surface area contributed by atoms with Crippen LogP contribution in [0.2, 0.25) is 0 Å². The van der Waals surface area contributed by atoms with Crippen molar-refractivity contribution in [3.05, 3.63) is 68.2 Å². The number of nitriles is 1. The molecule has 1 heterocycles. The zero-order chi connectivity index (χ0) is 16.8.